The fraction of sp³-hybridized carbons (Fsp3) is 0.308. The first-order chi connectivity index (χ1) is 16.0. The van der Waals surface area contributed by atoms with Crippen molar-refractivity contribution >= 4 is 33.6 Å². The van der Waals surface area contributed by atoms with Crippen LogP contribution in [0.5, 0.6) is 0 Å². The van der Waals surface area contributed by atoms with Crippen LogP contribution >= 0.6 is 0 Å². The van der Waals surface area contributed by atoms with E-state index in [9.17, 15) is 9.59 Å². The summed E-state index contributed by atoms with van der Waals surface area (Å²) in [7, 11) is 0. The van der Waals surface area contributed by atoms with Gasteiger partial charge in [-0.3, -0.25) is 14.6 Å². The number of hydrogen-bond donors (Lipinski definition) is 3. The molecule has 0 saturated heterocycles. The minimum absolute atomic E-state index is 0.0635. The smallest absolute Gasteiger partial charge is 0.255 e. The van der Waals surface area contributed by atoms with E-state index >= 15 is 0 Å². The highest BCUT2D eigenvalue weighted by molar-refractivity contribution is 6.04. The van der Waals surface area contributed by atoms with Crippen LogP contribution in [0.4, 0.5) is 0 Å². The second-order valence-electron chi connectivity index (χ2n) is 9.14. The number of aromatic amines is 1. The highest BCUT2D eigenvalue weighted by Crippen LogP contribution is 2.52. The predicted octanol–water partition coefficient (Wildman–Crippen LogP) is 4.13. The van der Waals surface area contributed by atoms with E-state index < -0.39 is 6.04 Å². The molecule has 5 rings (SSSR count). The van der Waals surface area contributed by atoms with Gasteiger partial charge in [0.25, 0.3) is 5.91 Å². The van der Waals surface area contributed by atoms with Gasteiger partial charge in [-0.1, -0.05) is 50.2 Å². The van der Waals surface area contributed by atoms with Crippen LogP contribution in [0.15, 0.2) is 61.2 Å². The summed E-state index contributed by atoms with van der Waals surface area (Å²) in [5, 5.41) is 8.42. The molecule has 33 heavy (non-hydrogen) atoms. The summed E-state index contributed by atoms with van der Waals surface area (Å²) < 4.78 is 0. The quantitative estimate of drug-likeness (QED) is 0.401. The summed E-state index contributed by atoms with van der Waals surface area (Å²) in [6.07, 6.45) is 6.53. The summed E-state index contributed by atoms with van der Waals surface area (Å²) in [4.78, 5) is 37.6. The van der Waals surface area contributed by atoms with Crippen molar-refractivity contribution in [2.45, 2.75) is 32.7 Å². The number of amides is 2. The maximum Gasteiger partial charge on any atom is 0.255 e. The highest BCUT2D eigenvalue weighted by atomic mass is 16.2. The summed E-state index contributed by atoms with van der Waals surface area (Å²) in [6, 6.07) is 13.8. The zero-order valence-electron chi connectivity index (χ0n) is 18.8. The fourth-order valence-electron chi connectivity index (χ4n) is 4.52. The third-order valence-electron chi connectivity index (χ3n) is 6.87. The number of aromatic nitrogens is 3. The van der Waals surface area contributed by atoms with E-state index in [2.05, 4.69) is 51.6 Å². The molecule has 7 nitrogen and oxygen atoms in total. The molecule has 1 atom stereocenters. The molecular formula is C26H27N5O2. The van der Waals surface area contributed by atoms with Gasteiger partial charge in [0.2, 0.25) is 5.91 Å². The lowest BCUT2D eigenvalue weighted by Crippen LogP contribution is -2.42. The van der Waals surface area contributed by atoms with Gasteiger partial charge in [0.1, 0.15) is 5.52 Å². The van der Waals surface area contributed by atoms with Crippen LogP contribution in [-0.2, 0) is 4.79 Å². The minimum atomic E-state index is -0.400. The van der Waals surface area contributed by atoms with Gasteiger partial charge in [0.05, 0.1) is 35.1 Å². The van der Waals surface area contributed by atoms with Crippen molar-refractivity contribution in [3.63, 3.8) is 0 Å². The minimum Gasteiger partial charge on any atom is -0.353 e. The maximum absolute atomic E-state index is 13.2. The number of hydrogen-bond acceptors (Lipinski definition) is 4. The van der Waals surface area contributed by atoms with Crippen molar-refractivity contribution in [1.82, 2.24) is 25.6 Å². The van der Waals surface area contributed by atoms with Crippen molar-refractivity contribution in [2.75, 3.05) is 6.54 Å². The lowest BCUT2D eigenvalue weighted by atomic mass is 9.91. The molecule has 2 aromatic heterocycles. The Morgan fingerprint density at radius 2 is 1.88 bits per heavy atom. The summed E-state index contributed by atoms with van der Waals surface area (Å²) >= 11 is 0. The molecule has 168 valence electrons. The number of nitrogens with zero attached hydrogens (tertiary/aromatic N) is 2. The van der Waals surface area contributed by atoms with Crippen LogP contribution < -0.4 is 10.6 Å². The molecule has 4 aromatic rings. The number of imidazole rings is 1. The van der Waals surface area contributed by atoms with Gasteiger partial charge in [-0.25, -0.2) is 4.98 Å². The molecule has 1 fully saturated rings. The van der Waals surface area contributed by atoms with E-state index in [0.29, 0.717) is 23.1 Å². The van der Waals surface area contributed by atoms with Crippen molar-refractivity contribution < 1.29 is 9.59 Å². The molecular weight excluding hydrogens is 414 g/mol. The topological polar surface area (TPSA) is 99.8 Å². The van der Waals surface area contributed by atoms with Crippen molar-refractivity contribution in [3.8, 4) is 0 Å². The Balaban J connectivity index is 1.43. The highest BCUT2D eigenvalue weighted by Gasteiger charge is 2.52. The Bertz CT molecular complexity index is 1340. The monoisotopic (exact) mass is 441 g/mol. The number of carbonyl (C=O) groups excluding carboxylic acids is 2. The molecule has 2 aromatic carbocycles. The van der Waals surface area contributed by atoms with Gasteiger partial charge < -0.3 is 15.6 Å². The van der Waals surface area contributed by atoms with Gasteiger partial charge >= 0.3 is 0 Å². The Kier molecular flexibility index (Phi) is 5.32. The van der Waals surface area contributed by atoms with Crippen molar-refractivity contribution in [3.05, 3.63) is 72.3 Å². The van der Waals surface area contributed by atoms with Crippen LogP contribution in [0.25, 0.3) is 21.8 Å². The molecule has 1 aliphatic carbocycles. The van der Waals surface area contributed by atoms with Crippen LogP contribution in [0.1, 0.15) is 48.7 Å². The number of nitrogens with one attached hydrogen (secondary N) is 3. The number of pyridine rings is 1. The van der Waals surface area contributed by atoms with Gasteiger partial charge in [-0.2, -0.15) is 0 Å². The molecule has 0 aliphatic heterocycles. The average Bonchev–Trinajstić information content (AvgIpc) is 3.51. The first kappa shape index (κ1) is 21.1. The summed E-state index contributed by atoms with van der Waals surface area (Å²) in [5.74, 6) is 0.0702. The van der Waals surface area contributed by atoms with Crippen LogP contribution in [0, 0.1) is 11.3 Å². The van der Waals surface area contributed by atoms with Crippen molar-refractivity contribution in [1.29, 1.82) is 0 Å². The molecule has 1 aliphatic rings. The first-order valence-electron chi connectivity index (χ1n) is 11.3. The Morgan fingerprint density at radius 1 is 1.09 bits per heavy atom. The zero-order chi connectivity index (χ0) is 23.0. The summed E-state index contributed by atoms with van der Waals surface area (Å²) in [6.45, 7) is 4.49. The zero-order valence-corrected chi connectivity index (χ0v) is 18.8. The van der Waals surface area contributed by atoms with E-state index in [1.54, 1.807) is 12.5 Å². The van der Waals surface area contributed by atoms with Gasteiger partial charge in [0.15, 0.2) is 0 Å². The van der Waals surface area contributed by atoms with Gasteiger partial charge in [0, 0.05) is 12.7 Å². The normalized spacial score (nSPS) is 15.5. The molecule has 2 amide bonds. The molecule has 3 N–H and O–H groups in total. The van der Waals surface area contributed by atoms with E-state index in [-0.39, 0.29) is 23.1 Å². The fourth-order valence-corrected chi connectivity index (χ4v) is 4.52. The lowest BCUT2D eigenvalue weighted by molar-refractivity contribution is -0.128. The summed E-state index contributed by atoms with van der Waals surface area (Å²) in [5.41, 5.74) is 2.32. The van der Waals surface area contributed by atoms with E-state index in [1.807, 2.05) is 30.3 Å². The first-order valence-corrected chi connectivity index (χ1v) is 11.3. The van der Waals surface area contributed by atoms with Crippen LogP contribution in [0.2, 0.25) is 0 Å². The molecule has 0 spiro atoms. The second kappa shape index (κ2) is 8.31. The van der Waals surface area contributed by atoms with Crippen LogP contribution in [0.3, 0.4) is 0 Å². The van der Waals surface area contributed by atoms with E-state index in [4.69, 9.17) is 0 Å². The lowest BCUT2D eigenvalue weighted by Gasteiger charge is -2.24. The van der Waals surface area contributed by atoms with Gasteiger partial charge in [-0.05, 0) is 41.2 Å². The maximum atomic E-state index is 13.2. The molecule has 7 heteroatoms. The largest absolute Gasteiger partial charge is 0.353 e. The Hall–Kier alpha value is -3.74. The third kappa shape index (κ3) is 3.95. The SMILES string of the molecule is CC(C)C1(C(=O)NCC(NC(=O)c2cncc3[nH]cnc23)c2ccc3ccccc3c2)CC1. The Morgan fingerprint density at radius 3 is 2.64 bits per heavy atom. The number of carbonyl (C=O) groups is 2. The van der Waals surface area contributed by atoms with E-state index in [0.717, 1.165) is 29.2 Å². The number of fused-ring (bicyclic) bond motifs is 2. The molecule has 0 bridgehead atoms. The third-order valence-corrected chi connectivity index (χ3v) is 6.87. The van der Waals surface area contributed by atoms with Gasteiger partial charge in [-0.15, -0.1) is 0 Å². The standard InChI is InChI=1S/C26H27N5O2/c1-16(2)26(9-10-26)25(33)28-14-21(19-8-7-17-5-3-4-6-18(17)11-19)31-24(32)20-12-27-13-22-23(20)30-15-29-22/h3-8,11-13,15-16,21H,9-10,14H2,1-2H3,(H,28,33)(H,29,30)(H,31,32). The van der Waals surface area contributed by atoms with Crippen molar-refractivity contribution in [2.24, 2.45) is 11.3 Å². The number of H-pyrrole nitrogens is 1. The average molecular weight is 442 g/mol. The molecule has 1 unspecified atom stereocenters. The van der Waals surface area contributed by atoms with Crippen LogP contribution in [-0.4, -0.2) is 33.3 Å². The molecule has 0 radical (unpaired) electrons. The Labute approximate surface area is 192 Å². The second-order valence-corrected chi connectivity index (χ2v) is 9.14. The molecule has 1 saturated carbocycles. The number of benzene rings is 2. The molecule has 2 heterocycles. The van der Waals surface area contributed by atoms with E-state index in [1.165, 1.54) is 6.20 Å². The predicted molar refractivity (Wildman–Crippen MR) is 128 cm³/mol. The number of rotatable bonds is 7.